The molecule has 0 aromatic carbocycles. The number of hydrogen-bond donors (Lipinski definition) is 1. The Bertz CT molecular complexity index is 241. The Kier molecular flexibility index (Phi) is 4.84. The molecule has 0 aliphatic carbocycles. The largest absolute Gasteiger partial charge is 0.312 e. The normalized spacial score (nSPS) is 11.9. The van der Waals surface area contributed by atoms with Crippen molar-refractivity contribution in [1.29, 1.82) is 0 Å². The Morgan fingerprint density at radius 3 is 2.86 bits per heavy atom. The molecule has 1 rings (SSSR count). The van der Waals surface area contributed by atoms with Crippen molar-refractivity contribution in [2.24, 2.45) is 0 Å². The lowest BCUT2D eigenvalue weighted by atomic mass is 10.1. The van der Waals surface area contributed by atoms with E-state index in [-0.39, 0.29) is 5.54 Å². The summed E-state index contributed by atoms with van der Waals surface area (Å²) in [5.74, 6) is 1.11. The molecule has 3 nitrogen and oxygen atoms in total. The minimum absolute atomic E-state index is 0.230. The summed E-state index contributed by atoms with van der Waals surface area (Å²) in [6.45, 7) is 7.62. The third kappa shape index (κ3) is 5.57. The van der Waals surface area contributed by atoms with E-state index >= 15 is 0 Å². The minimum Gasteiger partial charge on any atom is -0.312 e. The molecule has 14 heavy (non-hydrogen) atoms. The third-order valence-corrected chi connectivity index (χ3v) is 3.49. The van der Waals surface area contributed by atoms with Gasteiger partial charge < -0.3 is 5.32 Å². The Morgan fingerprint density at radius 2 is 2.29 bits per heavy atom. The van der Waals surface area contributed by atoms with E-state index in [2.05, 4.69) is 36.3 Å². The van der Waals surface area contributed by atoms with E-state index in [1.54, 1.807) is 28.6 Å². The van der Waals surface area contributed by atoms with E-state index in [9.17, 15) is 0 Å². The van der Waals surface area contributed by atoms with Crippen molar-refractivity contribution in [1.82, 2.24) is 15.5 Å². The van der Waals surface area contributed by atoms with E-state index in [0.717, 1.165) is 16.6 Å². The molecule has 0 aliphatic heterocycles. The van der Waals surface area contributed by atoms with Crippen LogP contribution in [0.15, 0.2) is 9.85 Å². The SMILES string of the molecule is CC(C)(C)NCCCSc1nncs1. The maximum atomic E-state index is 3.97. The molecule has 0 saturated heterocycles. The van der Waals surface area contributed by atoms with Gasteiger partial charge in [0.05, 0.1) is 0 Å². The lowest BCUT2D eigenvalue weighted by molar-refractivity contribution is 0.427. The summed E-state index contributed by atoms with van der Waals surface area (Å²) >= 11 is 3.39. The lowest BCUT2D eigenvalue weighted by Gasteiger charge is -2.20. The van der Waals surface area contributed by atoms with Crippen LogP contribution in [0.1, 0.15) is 27.2 Å². The lowest BCUT2D eigenvalue weighted by Crippen LogP contribution is -2.36. The number of nitrogens with zero attached hydrogens (tertiary/aromatic N) is 2. The number of aromatic nitrogens is 2. The molecule has 0 saturated carbocycles. The van der Waals surface area contributed by atoms with Gasteiger partial charge in [0.1, 0.15) is 5.51 Å². The average Bonchev–Trinajstić information content (AvgIpc) is 2.54. The van der Waals surface area contributed by atoms with Crippen LogP contribution in [0.4, 0.5) is 0 Å². The molecule has 0 fully saturated rings. The first-order valence-corrected chi connectivity index (χ1v) is 6.58. The Balaban J connectivity index is 2.00. The maximum Gasteiger partial charge on any atom is 0.174 e. The summed E-state index contributed by atoms with van der Waals surface area (Å²) in [5.41, 5.74) is 2.00. The highest BCUT2D eigenvalue weighted by molar-refractivity contribution is 8.00. The van der Waals surface area contributed by atoms with Crippen molar-refractivity contribution < 1.29 is 0 Å². The molecule has 0 radical (unpaired) electrons. The van der Waals surface area contributed by atoms with Crippen molar-refractivity contribution in [2.75, 3.05) is 12.3 Å². The van der Waals surface area contributed by atoms with Crippen LogP contribution in [0.5, 0.6) is 0 Å². The molecule has 0 aliphatic rings. The van der Waals surface area contributed by atoms with Crippen LogP contribution in [-0.4, -0.2) is 28.0 Å². The zero-order valence-electron chi connectivity index (χ0n) is 8.91. The van der Waals surface area contributed by atoms with Crippen LogP contribution < -0.4 is 5.32 Å². The van der Waals surface area contributed by atoms with E-state index in [1.807, 2.05) is 0 Å². The highest BCUT2D eigenvalue weighted by atomic mass is 32.2. The van der Waals surface area contributed by atoms with E-state index < -0.39 is 0 Å². The highest BCUT2D eigenvalue weighted by Crippen LogP contribution is 2.19. The van der Waals surface area contributed by atoms with Gasteiger partial charge in [0, 0.05) is 11.3 Å². The van der Waals surface area contributed by atoms with Gasteiger partial charge >= 0.3 is 0 Å². The second-order valence-corrected chi connectivity index (χ2v) is 6.26. The molecule has 0 spiro atoms. The fourth-order valence-electron chi connectivity index (χ4n) is 0.921. The number of thioether (sulfide) groups is 1. The summed E-state index contributed by atoms with van der Waals surface area (Å²) in [4.78, 5) is 0. The summed E-state index contributed by atoms with van der Waals surface area (Å²) < 4.78 is 1.07. The molecular weight excluding hydrogens is 214 g/mol. The van der Waals surface area contributed by atoms with E-state index in [0.29, 0.717) is 0 Å². The summed E-state index contributed by atoms with van der Waals surface area (Å²) in [6.07, 6.45) is 1.17. The van der Waals surface area contributed by atoms with Gasteiger partial charge in [-0.25, -0.2) is 0 Å². The molecule has 0 bridgehead atoms. The Labute approximate surface area is 93.7 Å². The van der Waals surface area contributed by atoms with Gasteiger partial charge in [-0.3, -0.25) is 0 Å². The van der Waals surface area contributed by atoms with Crippen LogP contribution >= 0.6 is 23.1 Å². The second-order valence-electron chi connectivity index (χ2n) is 4.08. The molecule has 1 aromatic heterocycles. The van der Waals surface area contributed by atoms with E-state index in [1.165, 1.54) is 6.42 Å². The molecule has 5 heteroatoms. The first kappa shape index (κ1) is 11.9. The topological polar surface area (TPSA) is 37.8 Å². The predicted octanol–water partition coefficient (Wildman–Crippen LogP) is 2.41. The average molecular weight is 231 g/mol. The van der Waals surface area contributed by atoms with Gasteiger partial charge in [0.2, 0.25) is 0 Å². The summed E-state index contributed by atoms with van der Waals surface area (Å²) in [7, 11) is 0. The van der Waals surface area contributed by atoms with Gasteiger partial charge in [-0.15, -0.1) is 10.2 Å². The first-order chi connectivity index (χ1) is 6.58. The Morgan fingerprint density at radius 1 is 1.50 bits per heavy atom. The summed E-state index contributed by atoms with van der Waals surface area (Å²) in [5, 5.41) is 11.2. The molecule has 80 valence electrons. The third-order valence-electron chi connectivity index (χ3n) is 1.54. The highest BCUT2D eigenvalue weighted by Gasteiger charge is 2.07. The fourth-order valence-corrected chi connectivity index (χ4v) is 2.42. The van der Waals surface area contributed by atoms with Crippen LogP contribution in [0.2, 0.25) is 0 Å². The number of nitrogens with one attached hydrogen (secondary N) is 1. The number of hydrogen-bond acceptors (Lipinski definition) is 5. The van der Waals surface area contributed by atoms with E-state index in [4.69, 9.17) is 0 Å². The Hall–Kier alpha value is -0.130. The molecule has 0 unspecified atom stereocenters. The van der Waals surface area contributed by atoms with Gasteiger partial charge in [0.25, 0.3) is 0 Å². The van der Waals surface area contributed by atoms with Crippen LogP contribution in [0, 0.1) is 0 Å². The zero-order chi connectivity index (χ0) is 10.4. The first-order valence-electron chi connectivity index (χ1n) is 4.72. The molecule has 1 heterocycles. The van der Waals surface area contributed by atoms with Crippen molar-refractivity contribution in [2.45, 2.75) is 37.1 Å². The van der Waals surface area contributed by atoms with Gasteiger partial charge in [0.15, 0.2) is 4.34 Å². The second kappa shape index (κ2) is 5.68. The standard InChI is InChI=1S/C9H17N3S2/c1-9(2,3)10-5-4-6-13-8-12-11-7-14-8/h7,10H,4-6H2,1-3H3. The molecule has 1 N–H and O–H groups in total. The van der Waals surface area contributed by atoms with Crippen molar-refractivity contribution in [3.63, 3.8) is 0 Å². The van der Waals surface area contributed by atoms with Crippen molar-refractivity contribution >= 4 is 23.1 Å². The van der Waals surface area contributed by atoms with Crippen LogP contribution in [0.3, 0.4) is 0 Å². The number of rotatable bonds is 5. The van der Waals surface area contributed by atoms with Gasteiger partial charge in [-0.2, -0.15) is 0 Å². The van der Waals surface area contributed by atoms with Gasteiger partial charge in [-0.1, -0.05) is 23.1 Å². The van der Waals surface area contributed by atoms with Crippen LogP contribution in [-0.2, 0) is 0 Å². The maximum absolute atomic E-state index is 3.97. The molecule has 0 atom stereocenters. The van der Waals surface area contributed by atoms with Crippen molar-refractivity contribution in [3.05, 3.63) is 5.51 Å². The fraction of sp³-hybridized carbons (Fsp3) is 0.778. The minimum atomic E-state index is 0.230. The quantitative estimate of drug-likeness (QED) is 0.624. The smallest absolute Gasteiger partial charge is 0.174 e. The monoisotopic (exact) mass is 231 g/mol. The van der Waals surface area contributed by atoms with Crippen molar-refractivity contribution in [3.8, 4) is 0 Å². The molecule has 1 aromatic rings. The summed E-state index contributed by atoms with van der Waals surface area (Å²) in [6, 6.07) is 0. The van der Waals surface area contributed by atoms with Crippen LogP contribution in [0.25, 0.3) is 0 Å². The molecular formula is C9H17N3S2. The predicted molar refractivity (Wildman–Crippen MR) is 63.0 cm³/mol. The van der Waals surface area contributed by atoms with Gasteiger partial charge in [-0.05, 0) is 33.7 Å². The zero-order valence-corrected chi connectivity index (χ0v) is 10.5. The molecule has 0 amide bonds.